The number of anilines is 1. The Balaban J connectivity index is 2.25. The fraction of sp³-hybridized carbons (Fsp3) is 0.250. The van der Waals surface area contributed by atoms with Crippen LogP contribution in [0.3, 0.4) is 0 Å². The fourth-order valence-electron chi connectivity index (χ4n) is 2.28. The number of benzene rings is 2. The minimum atomic E-state index is -0.585. The lowest BCUT2D eigenvalue weighted by molar-refractivity contribution is 0.628. The highest BCUT2D eigenvalue weighted by Gasteiger charge is 2.12. The molecule has 0 aliphatic heterocycles. The first-order valence-corrected chi connectivity index (χ1v) is 7.12. The molecular weight excluding hydrogens is 296 g/mol. The van der Waals surface area contributed by atoms with Crippen LogP contribution in [0.2, 0.25) is 10.0 Å². The number of halogens is 3. The highest BCUT2D eigenvalue weighted by Crippen LogP contribution is 2.30. The van der Waals surface area contributed by atoms with E-state index in [0.29, 0.717) is 5.69 Å². The maximum atomic E-state index is 13.4. The Labute approximate surface area is 128 Å². The first-order chi connectivity index (χ1) is 9.38. The Hall–Kier alpha value is -1.25. The predicted molar refractivity (Wildman–Crippen MR) is 84.4 cm³/mol. The van der Waals surface area contributed by atoms with Gasteiger partial charge in [0.15, 0.2) is 5.82 Å². The Morgan fingerprint density at radius 2 is 1.65 bits per heavy atom. The van der Waals surface area contributed by atoms with E-state index in [1.807, 2.05) is 6.92 Å². The zero-order valence-electron chi connectivity index (χ0n) is 11.6. The van der Waals surface area contributed by atoms with Crippen LogP contribution in [-0.2, 0) is 0 Å². The lowest BCUT2D eigenvalue weighted by atomic mass is 10.00. The number of aryl methyl sites for hydroxylation is 2. The molecule has 2 aromatic rings. The molecule has 1 N–H and O–H groups in total. The van der Waals surface area contributed by atoms with Crippen molar-refractivity contribution in [1.82, 2.24) is 0 Å². The molecule has 0 heterocycles. The van der Waals surface area contributed by atoms with Crippen molar-refractivity contribution in [3.63, 3.8) is 0 Å². The molecule has 4 heteroatoms. The van der Waals surface area contributed by atoms with Crippen molar-refractivity contribution in [1.29, 1.82) is 0 Å². The van der Waals surface area contributed by atoms with Gasteiger partial charge in [0.25, 0.3) is 0 Å². The Morgan fingerprint density at radius 3 is 2.20 bits per heavy atom. The number of hydrogen-bond donors (Lipinski definition) is 1. The summed E-state index contributed by atoms with van der Waals surface area (Å²) in [5, 5.41) is 3.33. The van der Waals surface area contributed by atoms with Gasteiger partial charge in [-0.2, -0.15) is 0 Å². The van der Waals surface area contributed by atoms with Gasteiger partial charge in [-0.25, -0.2) is 4.39 Å². The maximum Gasteiger partial charge on any atom is 0.160 e. The third-order valence-electron chi connectivity index (χ3n) is 3.26. The van der Waals surface area contributed by atoms with Crippen molar-refractivity contribution in [2.75, 3.05) is 5.32 Å². The molecule has 106 valence electrons. The van der Waals surface area contributed by atoms with Crippen LogP contribution in [0.5, 0.6) is 0 Å². The topological polar surface area (TPSA) is 12.0 Å². The van der Waals surface area contributed by atoms with E-state index in [9.17, 15) is 4.39 Å². The minimum absolute atomic E-state index is 0.0211. The molecule has 0 saturated carbocycles. The van der Waals surface area contributed by atoms with Crippen LogP contribution >= 0.6 is 23.2 Å². The molecule has 2 rings (SSSR count). The Kier molecular flexibility index (Phi) is 4.56. The molecule has 1 nitrogen and oxygen atoms in total. The van der Waals surface area contributed by atoms with Gasteiger partial charge in [-0.05, 0) is 44.0 Å². The van der Waals surface area contributed by atoms with Crippen molar-refractivity contribution >= 4 is 28.9 Å². The molecule has 1 unspecified atom stereocenters. The molecule has 2 aromatic carbocycles. The first-order valence-electron chi connectivity index (χ1n) is 6.36. The summed E-state index contributed by atoms with van der Waals surface area (Å²) >= 11 is 11.6. The van der Waals surface area contributed by atoms with Crippen molar-refractivity contribution in [2.45, 2.75) is 26.8 Å². The predicted octanol–water partition coefficient (Wildman–Crippen LogP) is 5.92. The van der Waals surface area contributed by atoms with E-state index >= 15 is 0 Å². The second-order valence-electron chi connectivity index (χ2n) is 4.98. The van der Waals surface area contributed by atoms with Crippen molar-refractivity contribution in [3.05, 3.63) is 62.9 Å². The zero-order chi connectivity index (χ0) is 14.9. The SMILES string of the molecule is Cc1ccc(C(C)Nc2cc(Cl)c(F)c(Cl)c2)c(C)c1. The van der Waals surface area contributed by atoms with Crippen LogP contribution in [0.1, 0.15) is 29.7 Å². The molecule has 0 aliphatic rings. The summed E-state index contributed by atoms with van der Waals surface area (Å²) in [7, 11) is 0. The standard InChI is InChI=1S/C16H16Cl2FN/c1-9-4-5-13(10(2)6-9)11(3)20-12-7-14(17)16(19)15(18)8-12/h4-8,11,20H,1-3H3. The van der Waals surface area contributed by atoms with Gasteiger partial charge in [0, 0.05) is 11.7 Å². The maximum absolute atomic E-state index is 13.4. The molecule has 20 heavy (non-hydrogen) atoms. The van der Waals surface area contributed by atoms with Gasteiger partial charge < -0.3 is 5.32 Å². The molecule has 0 fully saturated rings. The summed E-state index contributed by atoms with van der Waals surface area (Å²) in [6.07, 6.45) is 0. The van der Waals surface area contributed by atoms with E-state index in [1.54, 1.807) is 12.1 Å². The fourth-order valence-corrected chi connectivity index (χ4v) is 2.77. The van der Waals surface area contributed by atoms with E-state index in [-0.39, 0.29) is 16.1 Å². The third-order valence-corrected chi connectivity index (χ3v) is 3.81. The summed E-state index contributed by atoms with van der Waals surface area (Å²) in [6, 6.07) is 9.47. The second kappa shape index (κ2) is 6.02. The van der Waals surface area contributed by atoms with E-state index in [2.05, 4.69) is 37.4 Å². The molecule has 0 saturated heterocycles. The van der Waals surface area contributed by atoms with Gasteiger partial charge in [0.1, 0.15) is 0 Å². The van der Waals surface area contributed by atoms with E-state index in [4.69, 9.17) is 23.2 Å². The van der Waals surface area contributed by atoms with Gasteiger partial charge in [0.05, 0.1) is 10.0 Å². The molecule has 0 spiro atoms. The van der Waals surface area contributed by atoms with Crippen LogP contribution < -0.4 is 5.32 Å². The van der Waals surface area contributed by atoms with E-state index < -0.39 is 5.82 Å². The number of rotatable bonds is 3. The summed E-state index contributed by atoms with van der Waals surface area (Å²) in [5.41, 5.74) is 4.33. The van der Waals surface area contributed by atoms with Gasteiger partial charge >= 0.3 is 0 Å². The molecule has 0 aromatic heterocycles. The average Bonchev–Trinajstić information content (AvgIpc) is 2.35. The molecule has 1 atom stereocenters. The molecule has 0 amide bonds. The highest BCUT2D eigenvalue weighted by molar-refractivity contribution is 6.35. The van der Waals surface area contributed by atoms with Gasteiger partial charge in [-0.15, -0.1) is 0 Å². The third kappa shape index (κ3) is 3.25. The molecular formula is C16H16Cl2FN. The summed E-state index contributed by atoms with van der Waals surface area (Å²) in [5.74, 6) is -0.585. The van der Waals surface area contributed by atoms with Crippen LogP contribution in [0.15, 0.2) is 30.3 Å². The zero-order valence-corrected chi connectivity index (χ0v) is 13.1. The normalized spacial score (nSPS) is 12.3. The van der Waals surface area contributed by atoms with Crippen molar-refractivity contribution in [2.24, 2.45) is 0 Å². The molecule has 0 radical (unpaired) electrons. The highest BCUT2D eigenvalue weighted by atomic mass is 35.5. The number of nitrogens with one attached hydrogen (secondary N) is 1. The van der Waals surface area contributed by atoms with Crippen LogP contribution in [-0.4, -0.2) is 0 Å². The van der Waals surface area contributed by atoms with Crippen molar-refractivity contribution in [3.8, 4) is 0 Å². The lowest BCUT2D eigenvalue weighted by Gasteiger charge is -2.19. The summed E-state index contributed by atoms with van der Waals surface area (Å²) in [6.45, 7) is 6.18. The van der Waals surface area contributed by atoms with E-state index in [1.165, 1.54) is 16.7 Å². The Morgan fingerprint density at radius 1 is 1.05 bits per heavy atom. The minimum Gasteiger partial charge on any atom is -0.378 e. The van der Waals surface area contributed by atoms with Gasteiger partial charge in [-0.1, -0.05) is 47.0 Å². The lowest BCUT2D eigenvalue weighted by Crippen LogP contribution is -2.08. The van der Waals surface area contributed by atoms with Crippen LogP contribution in [0.4, 0.5) is 10.1 Å². The summed E-state index contributed by atoms with van der Waals surface area (Å²) < 4.78 is 13.4. The van der Waals surface area contributed by atoms with Gasteiger partial charge in [0.2, 0.25) is 0 Å². The van der Waals surface area contributed by atoms with Gasteiger partial charge in [-0.3, -0.25) is 0 Å². The quantitative estimate of drug-likeness (QED) is 0.693. The van der Waals surface area contributed by atoms with Crippen LogP contribution in [0, 0.1) is 19.7 Å². The van der Waals surface area contributed by atoms with Crippen LogP contribution in [0.25, 0.3) is 0 Å². The largest absolute Gasteiger partial charge is 0.378 e. The first kappa shape index (κ1) is 15.1. The van der Waals surface area contributed by atoms with Crippen molar-refractivity contribution < 1.29 is 4.39 Å². The Bertz CT molecular complexity index is 617. The molecule has 0 aliphatic carbocycles. The smallest absolute Gasteiger partial charge is 0.160 e. The second-order valence-corrected chi connectivity index (χ2v) is 5.79. The summed E-state index contributed by atoms with van der Waals surface area (Å²) in [4.78, 5) is 0. The number of hydrogen-bond acceptors (Lipinski definition) is 1. The average molecular weight is 312 g/mol. The van der Waals surface area contributed by atoms with E-state index in [0.717, 1.165) is 0 Å². The molecule has 0 bridgehead atoms. The monoisotopic (exact) mass is 311 g/mol.